The Balaban J connectivity index is 2.55. The van der Waals surface area contributed by atoms with Crippen molar-refractivity contribution in [2.24, 2.45) is 0 Å². The largest absolute Gasteiger partial charge is 0.383 e. The first kappa shape index (κ1) is 16.9. The van der Waals surface area contributed by atoms with Crippen molar-refractivity contribution in [1.29, 1.82) is 0 Å². The predicted octanol–water partition coefficient (Wildman–Crippen LogP) is 5.85. The molecule has 2 nitrogen and oxygen atoms in total. The van der Waals surface area contributed by atoms with Crippen LogP contribution in [0.5, 0.6) is 0 Å². The van der Waals surface area contributed by atoms with Crippen LogP contribution in [0.25, 0.3) is 5.57 Å². The summed E-state index contributed by atoms with van der Waals surface area (Å²) >= 11 is 0. The van der Waals surface area contributed by atoms with Crippen LogP contribution in [0.15, 0.2) is 17.7 Å². The SMILES string of the molecule is CCc1cc(NC(C)CC)cc2c1NC(C)(CC)C(C)=C2C. The molecule has 0 saturated heterocycles. The second-order valence-corrected chi connectivity index (χ2v) is 6.93. The van der Waals surface area contributed by atoms with E-state index in [-0.39, 0.29) is 5.54 Å². The summed E-state index contributed by atoms with van der Waals surface area (Å²) in [6, 6.07) is 5.15. The van der Waals surface area contributed by atoms with Crippen LogP contribution in [-0.2, 0) is 6.42 Å². The van der Waals surface area contributed by atoms with Gasteiger partial charge >= 0.3 is 0 Å². The fourth-order valence-corrected chi connectivity index (χ4v) is 3.23. The lowest BCUT2D eigenvalue weighted by atomic mass is 9.79. The van der Waals surface area contributed by atoms with Crippen LogP contribution in [0.2, 0.25) is 0 Å². The minimum absolute atomic E-state index is 0.0761. The summed E-state index contributed by atoms with van der Waals surface area (Å²) < 4.78 is 0. The Morgan fingerprint density at radius 1 is 1.18 bits per heavy atom. The Hall–Kier alpha value is -1.44. The molecular weight excluding hydrogens is 268 g/mol. The molecule has 2 N–H and O–H groups in total. The normalized spacial score (nSPS) is 22.1. The third kappa shape index (κ3) is 2.88. The van der Waals surface area contributed by atoms with Gasteiger partial charge in [0, 0.05) is 23.0 Å². The Morgan fingerprint density at radius 3 is 2.41 bits per heavy atom. The number of hydrogen-bond donors (Lipinski definition) is 2. The van der Waals surface area contributed by atoms with Gasteiger partial charge in [0.05, 0.1) is 5.54 Å². The third-order valence-electron chi connectivity index (χ3n) is 5.53. The monoisotopic (exact) mass is 300 g/mol. The Bertz CT molecular complexity index is 586. The van der Waals surface area contributed by atoms with Gasteiger partial charge in [-0.05, 0) is 75.8 Å². The maximum Gasteiger partial charge on any atom is 0.0558 e. The van der Waals surface area contributed by atoms with Crippen LogP contribution in [0.3, 0.4) is 0 Å². The molecule has 1 aliphatic heterocycles. The van der Waals surface area contributed by atoms with Crippen LogP contribution in [0, 0.1) is 0 Å². The molecule has 0 aromatic heterocycles. The van der Waals surface area contributed by atoms with Crippen molar-refractivity contribution in [2.45, 2.75) is 79.3 Å². The van der Waals surface area contributed by atoms with Gasteiger partial charge < -0.3 is 10.6 Å². The molecule has 0 amide bonds. The molecule has 122 valence electrons. The first-order chi connectivity index (χ1) is 10.4. The van der Waals surface area contributed by atoms with E-state index in [9.17, 15) is 0 Å². The number of allylic oxidation sites excluding steroid dienone is 1. The first-order valence-electron chi connectivity index (χ1n) is 8.76. The van der Waals surface area contributed by atoms with Crippen molar-refractivity contribution < 1.29 is 0 Å². The van der Waals surface area contributed by atoms with E-state index in [1.165, 1.54) is 33.6 Å². The van der Waals surface area contributed by atoms with Crippen molar-refractivity contribution in [3.63, 3.8) is 0 Å². The van der Waals surface area contributed by atoms with E-state index >= 15 is 0 Å². The lowest BCUT2D eigenvalue weighted by molar-refractivity contribution is 0.571. The lowest BCUT2D eigenvalue weighted by Crippen LogP contribution is -2.39. The average molecular weight is 300 g/mol. The summed E-state index contributed by atoms with van der Waals surface area (Å²) in [4.78, 5) is 0. The van der Waals surface area contributed by atoms with E-state index in [2.05, 4.69) is 71.2 Å². The Labute approximate surface area is 136 Å². The van der Waals surface area contributed by atoms with Gasteiger partial charge in [0.15, 0.2) is 0 Å². The predicted molar refractivity (Wildman–Crippen MR) is 99.8 cm³/mol. The zero-order valence-corrected chi connectivity index (χ0v) is 15.4. The summed E-state index contributed by atoms with van der Waals surface area (Å²) in [6.45, 7) is 15.8. The highest BCUT2D eigenvalue weighted by Crippen LogP contribution is 2.43. The standard InChI is InChI=1S/C20H32N2/c1-8-13(4)21-17-11-16(9-2)19-18(12-17)14(5)15(6)20(7,10-3)22-19/h11-13,21-22H,8-10H2,1-7H3. The Morgan fingerprint density at radius 2 is 1.86 bits per heavy atom. The van der Waals surface area contributed by atoms with Crippen molar-refractivity contribution >= 4 is 16.9 Å². The quantitative estimate of drug-likeness (QED) is 0.713. The van der Waals surface area contributed by atoms with Gasteiger partial charge in [-0.2, -0.15) is 0 Å². The summed E-state index contributed by atoms with van der Waals surface area (Å²) in [5.41, 5.74) is 8.34. The molecule has 0 radical (unpaired) electrons. The molecule has 0 spiro atoms. The minimum Gasteiger partial charge on any atom is -0.383 e. The van der Waals surface area contributed by atoms with Gasteiger partial charge in [0.25, 0.3) is 0 Å². The van der Waals surface area contributed by atoms with Gasteiger partial charge in [0.1, 0.15) is 0 Å². The molecule has 2 unspecified atom stereocenters. The molecule has 2 atom stereocenters. The summed E-state index contributed by atoms with van der Waals surface area (Å²) in [5.74, 6) is 0. The molecule has 2 rings (SSSR count). The fraction of sp³-hybridized carbons (Fsp3) is 0.600. The average Bonchev–Trinajstić information content (AvgIpc) is 2.52. The highest BCUT2D eigenvalue weighted by molar-refractivity contribution is 5.86. The van der Waals surface area contributed by atoms with E-state index < -0.39 is 0 Å². The summed E-state index contributed by atoms with van der Waals surface area (Å²) in [5, 5.41) is 7.47. The lowest BCUT2D eigenvalue weighted by Gasteiger charge is -2.40. The molecule has 0 saturated carbocycles. The molecule has 0 bridgehead atoms. The van der Waals surface area contributed by atoms with E-state index in [0.717, 1.165) is 19.3 Å². The zero-order chi connectivity index (χ0) is 16.5. The van der Waals surface area contributed by atoms with E-state index in [1.807, 2.05) is 0 Å². The molecule has 0 aliphatic carbocycles. The molecule has 1 aromatic carbocycles. The van der Waals surface area contributed by atoms with Gasteiger partial charge in [-0.3, -0.25) is 0 Å². The van der Waals surface area contributed by atoms with Crippen molar-refractivity contribution in [3.05, 3.63) is 28.8 Å². The van der Waals surface area contributed by atoms with Gasteiger partial charge in [-0.1, -0.05) is 20.8 Å². The zero-order valence-electron chi connectivity index (χ0n) is 15.4. The van der Waals surface area contributed by atoms with Crippen molar-refractivity contribution in [2.75, 3.05) is 10.6 Å². The molecule has 0 fully saturated rings. The molecule has 22 heavy (non-hydrogen) atoms. The van der Waals surface area contributed by atoms with Crippen molar-refractivity contribution in [1.82, 2.24) is 0 Å². The molecule has 1 aliphatic rings. The second-order valence-electron chi connectivity index (χ2n) is 6.93. The summed E-state index contributed by atoms with van der Waals surface area (Å²) in [7, 11) is 0. The molecular formula is C20H32N2. The van der Waals surface area contributed by atoms with Crippen LogP contribution in [0.4, 0.5) is 11.4 Å². The third-order valence-corrected chi connectivity index (χ3v) is 5.53. The Kier molecular flexibility index (Phi) is 4.89. The maximum atomic E-state index is 3.83. The number of aryl methyl sites for hydroxylation is 1. The number of benzene rings is 1. The maximum absolute atomic E-state index is 3.83. The first-order valence-corrected chi connectivity index (χ1v) is 8.76. The number of rotatable bonds is 5. The fourth-order valence-electron chi connectivity index (χ4n) is 3.23. The second kappa shape index (κ2) is 6.36. The number of nitrogens with one attached hydrogen (secondary N) is 2. The van der Waals surface area contributed by atoms with Crippen LogP contribution >= 0.6 is 0 Å². The van der Waals surface area contributed by atoms with E-state index in [1.54, 1.807) is 0 Å². The number of anilines is 2. The highest BCUT2D eigenvalue weighted by Gasteiger charge is 2.32. The molecule has 1 aromatic rings. The summed E-state index contributed by atoms with van der Waals surface area (Å²) in [6.07, 6.45) is 3.29. The van der Waals surface area contributed by atoms with Gasteiger partial charge in [0.2, 0.25) is 0 Å². The van der Waals surface area contributed by atoms with Crippen LogP contribution in [0.1, 0.15) is 72.4 Å². The number of hydrogen-bond acceptors (Lipinski definition) is 2. The van der Waals surface area contributed by atoms with Crippen molar-refractivity contribution in [3.8, 4) is 0 Å². The number of fused-ring (bicyclic) bond motifs is 1. The van der Waals surface area contributed by atoms with Gasteiger partial charge in [-0.15, -0.1) is 0 Å². The minimum atomic E-state index is 0.0761. The van der Waals surface area contributed by atoms with Crippen LogP contribution < -0.4 is 10.6 Å². The highest BCUT2D eigenvalue weighted by atomic mass is 15.0. The topological polar surface area (TPSA) is 24.1 Å². The smallest absolute Gasteiger partial charge is 0.0558 e. The van der Waals surface area contributed by atoms with Gasteiger partial charge in [-0.25, -0.2) is 0 Å². The molecule has 2 heteroatoms. The molecule has 1 heterocycles. The van der Waals surface area contributed by atoms with E-state index in [4.69, 9.17) is 0 Å². The van der Waals surface area contributed by atoms with Crippen LogP contribution in [-0.4, -0.2) is 11.6 Å². The van der Waals surface area contributed by atoms with E-state index in [0.29, 0.717) is 6.04 Å².